The molecule has 126 valence electrons. The third-order valence-corrected chi connectivity index (χ3v) is 3.54. The highest BCUT2D eigenvalue weighted by molar-refractivity contribution is 6.32. The number of benzene rings is 2. The first-order chi connectivity index (χ1) is 11.4. The van der Waals surface area contributed by atoms with E-state index in [0.717, 1.165) is 5.69 Å². The number of hydrogen-bond donors (Lipinski definition) is 2. The van der Waals surface area contributed by atoms with Gasteiger partial charge in [0.2, 0.25) is 5.91 Å². The predicted molar refractivity (Wildman–Crippen MR) is 94.9 cm³/mol. The van der Waals surface area contributed by atoms with Crippen LogP contribution in [0.5, 0.6) is 5.75 Å². The van der Waals surface area contributed by atoms with Gasteiger partial charge in [0.05, 0.1) is 16.4 Å². The van der Waals surface area contributed by atoms with Gasteiger partial charge in [-0.05, 0) is 30.3 Å². The summed E-state index contributed by atoms with van der Waals surface area (Å²) in [5.74, 6) is -0.518. The number of primary amides is 1. The molecule has 2 rings (SSSR count). The zero-order chi connectivity index (χ0) is 17.7. The molecule has 0 spiro atoms. The summed E-state index contributed by atoms with van der Waals surface area (Å²) in [6.45, 7) is -0.211. The van der Waals surface area contributed by atoms with Crippen molar-refractivity contribution in [1.29, 1.82) is 0 Å². The van der Waals surface area contributed by atoms with Crippen molar-refractivity contribution in [2.45, 2.75) is 0 Å². The number of nitrogens with zero attached hydrogens (tertiary/aromatic N) is 1. The first-order valence-corrected chi connectivity index (χ1v) is 7.54. The van der Waals surface area contributed by atoms with Crippen molar-refractivity contribution in [3.8, 4) is 5.75 Å². The molecule has 0 aliphatic heterocycles. The summed E-state index contributed by atoms with van der Waals surface area (Å²) >= 11 is 5.98. The third kappa shape index (κ3) is 4.39. The van der Waals surface area contributed by atoms with E-state index in [1.54, 1.807) is 36.4 Å². The second kappa shape index (κ2) is 7.70. The van der Waals surface area contributed by atoms with Crippen LogP contribution in [0.3, 0.4) is 0 Å². The molecule has 24 heavy (non-hydrogen) atoms. The maximum Gasteiger partial charge on any atom is 0.262 e. The minimum absolute atomic E-state index is 0.211. The van der Waals surface area contributed by atoms with Crippen LogP contribution in [0.25, 0.3) is 0 Å². The molecule has 3 N–H and O–H groups in total. The summed E-state index contributed by atoms with van der Waals surface area (Å²) in [7, 11) is 3.66. The molecule has 0 fully saturated rings. The molecule has 0 saturated heterocycles. The van der Waals surface area contributed by atoms with Gasteiger partial charge in [0.1, 0.15) is 5.75 Å². The first kappa shape index (κ1) is 17.6. The van der Waals surface area contributed by atoms with Crippen LogP contribution >= 0.6 is 11.6 Å². The normalized spacial score (nSPS) is 10.1. The van der Waals surface area contributed by atoms with Crippen LogP contribution in [0.2, 0.25) is 5.02 Å². The third-order valence-electron chi connectivity index (χ3n) is 3.23. The van der Waals surface area contributed by atoms with E-state index in [1.807, 2.05) is 19.0 Å². The molecule has 0 aliphatic rings. The number of halogens is 1. The Morgan fingerprint density at radius 2 is 1.92 bits per heavy atom. The molecule has 6 nitrogen and oxygen atoms in total. The zero-order valence-electron chi connectivity index (χ0n) is 13.4. The summed E-state index contributed by atoms with van der Waals surface area (Å²) in [6, 6.07) is 11.7. The number of nitrogens with one attached hydrogen (secondary N) is 1. The van der Waals surface area contributed by atoms with E-state index < -0.39 is 5.91 Å². The molecule has 0 radical (unpaired) electrons. The predicted octanol–water partition coefficient (Wildman–Crippen LogP) is 2.52. The molecule has 2 amide bonds. The average molecular weight is 348 g/mol. The van der Waals surface area contributed by atoms with E-state index >= 15 is 0 Å². The van der Waals surface area contributed by atoms with Crippen molar-refractivity contribution in [3.63, 3.8) is 0 Å². The fourth-order valence-electron chi connectivity index (χ4n) is 2.07. The van der Waals surface area contributed by atoms with Gasteiger partial charge in [-0.3, -0.25) is 9.59 Å². The van der Waals surface area contributed by atoms with Crippen LogP contribution < -0.4 is 20.7 Å². The van der Waals surface area contributed by atoms with E-state index in [9.17, 15) is 9.59 Å². The number of carbonyl (C=O) groups is 2. The fraction of sp³-hybridized carbons (Fsp3) is 0.176. The number of hydrogen-bond acceptors (Lipinski definition) is 4. The lowest BCUT2D eigenvalue weighted by molar-refractivity contribution is -0.118. The fourth-order valence-corrected chi connectivity index (χ4v) is 2.26. The van der Waals surface area contributed by atoms with Crippen molar-refractivity contribution in [3.05, 3.63) is 53.1 Å². The van der Waals surface area contributed by atoms with Crippen molar-refractivity contribution in [2.75, 3.05) is 30.9 Å². The lowest BCUT2D eigenvalue weighted by Gasteiger charge is -2.18. The number of carbonyl (C=O) groups excluding carboxylic acids is 2. The zero-order valence-corrected chi connectivity index (χ0v) is 14.1. The molecule has 0 heterocycles. The van der Waals surface area contributed by atoms with Crippen LogP contribution in [0.1, 0.15) is 10.4 Å². The molecular formula is C17H18ClN3O3. The number of amides is 2. The Balaban J connectivity index is 2.11. The molecule has 0 bridgehead atoms. The maximum absolute atomic E-state index is 12.1. The Labute approximate surface area is 145 Å². The summed E-state index contributed by atoms with van der Waals surface area (Å²) in [6.07, 6.45) is 0. The number of anilines is 2. The minimum atomic E-state index is -0.567. The molecule has 0 aromatic heterocycles. The van der Waals surface area contributed by atoms with Gasteiger partial charge >= 0.3 is 0 Å². The smallest absolute Gasteiger partial charge is 0.262 e. The van der Waals surface area contributed by atoms with Gasteiger partial charge in [-0.15, -0.1) is 0 Å². The van der Waals surface area contributed by atoms with Crippen LogP contribution in [-0.2, 0) is 4.79 Å². The number of ether oxygens (including phenoxy) is 1. The highest BCUT2D eigenvalue weighted by Crippen LogP contribution is 2.26. The van der Waals surface area contributed by atoms with Crippen molar-refractivity contribution in [2.24, 2.45) is 5.73 Å². The Morgan fingerprint density at radius 1 is 1.21 bits per heavy atom. The largest absolute Gasteiger partial charge is 0.482 e. The standard InChI is InChI=1S/C17H18ClN3O3/c1-21(2)14-8-7-11(17(19)23)9-13(14)20-16(22)10-24-15-6-4-3-5-12(15)18/h3-9H,10H2,1-2H3,(H2,19,23)(H,20,22). The SMILES string of the molecule is CN(C)c1ccc(C(N)=O)cc1NC(=O)COc1ccccc1Cl. The number of nitrogens with two attached hydrogens (primary N) is 1. The van der Waals surface area contributed by atoms with Crippen LogP contribution in [0, 0.1) is 0 Å². The molecule has 2 aromatic carbocycles. The molecule has 0 saturated carbocycles. The van der Waals surface area contributed by atoms with Gasteiger partial charge < -0.3 is 20.7 Å². The van der Waals surface area contributed by atoms with Crippen molar-refractivity contribution >= 4 is 34.8 Å². The van der Waals surface area contributed by atoms with E-state index in [2.05, 4.69) is 5.32 Å². The van der Waals surface area contributed by atoms with Crippen molar-refractivity contribution in [1.82, 2.24) is 0 Å². The first-order valence-electron chi connectivity index (χ1n) is 7.17. The average Bonchev–Trinajstić information content (AvgIpc) is 2.53. The lowest BCUT2D eigenvalue weighted by Crippen LogP contribution is -2.23. The lowest BCUT2D eigenvalue weighted by atomic mass is 10.1. The van der Waals surface area contributed by atoms with E-state index in [0.29, 0.717) is 22.0 Å². The number of rotatable bonds is 6. The maximum atomic E-state index is 12.1. The van der Waals surface area contributed by atoms with E-state index in [-0.39, 0.29) is 12.5 Å². The Kier molecular flexibility index (Phi) is 5.65. The molecule has 0 atom stereocenters. The quantitative estimate of drug-likeness (QED) is 0.841. The highest BCUT2D eigenvalue weighted by Gasteiger charge is 2.12. The Morgan fingerprint density at radius 3 is 2.54 bits per heavy atom. The molecule has 0 unspecified atom stereocenters. The monoisotopic (exact) mass is 347 g/mol. The van der Waals surface area contributed by atoms with Crippen LogP contribution in [0.15, 0.2) is 42.5 Å². The molecular weight excluding hydrogens is 330 g/mol. The summed E-state index contributed by atoms with van der Waals surface area (Å²) in [5.41, 5.74) is 6.81. The summed E-state index contributed by atoms with van der Waals surface area (Å²) < 4.78 is 5.40. The topological polar surface area (TPSA) is 84.7 Å². The number of para-hydroxylation sites is 1. The van der Waals surface area contributed by atoms with Gasteiger partial charge in [0.15, 0.2) is 6.61 Å². The Hall–Kier alpha value is -2.73. The Bertz CT molecular complexity index is 762. The summed E-state index contributed by atoms with van der Waals surface area (Å²) in [4.78, 5) is 25.3. The van der Waals surface area contributed by atoms with Crippen LogP contribution in [-0.4, -0.2) is 32.5 Å². The second-order valence-corrected chi connectivity index (χ2v) is 5.67. The molecule has 2 aromatic rings. The molecule has 7 heteroatoms. The van der Waals surface area contributed by atoms with Gasteiger partial charge in [-0.2, -0.15) is 0 Å². The van der Waals surface area contributed by atoms with Gasteiger partial charge in [0, 0.05) is 19.7 Å². The molecule has 0 aliphatic carbocycles. The van der Waals surface area contributed by atoms with Gasteiger partial charge in [-0.25, -0.2) is 0 Å². The highest BCUT2D eigenvalue weighted by atomic mass is 35.5. The van der Waals surface area contributed by atoms with Crippen LogP contribution in [0.4, 0.5) is 11.4 Å². The van der Waals surface area contributed by atoms with E-state index in [1.165, 1.54) is 6.07 Å². The second-order valence-electron chi connectivity index (χ2n) is 5.26. The van der Waals surface area contributed by atoms with Gasteiger partial charge in [0.25, 0.3) is 5.91 Å². The summed E-state index contributed by atoms with van der Waals surface area (Å²) in [5, 5.41) is 3.15. The van der Waals surface area contributed by atoms with E-state index in [4.69, 9.17) is 22.1 Å². The minimum Gasteiger partial charge on any atom is -0.482 e. The van der Waals surface area contributed by atoms with Crippen molar-refractivity contribution < 1.29 is 14.3 Å². The van der Waals surface area contributed by atoms with Gasteiger partial charge in [-0.1, -0.05) is 23.7 Å².